The Bertz CT molecular complexity index is 242. The average molecular weight is 202 g/mol. The van der Waals surface area contributed by atoms with Gasteiger partial charge in [0.1, 0.15) is 6.61 Å². The zero-order valence-corrected chi connectivity index (χ0v) is 7.79. The lowest BCUT2D eigenvalue weighted by molar-refractivity contribution is -0.114. The summed E-state index contributed by atoms with van der Waals surface area (Å²) in [5.74, 6) is -0.309. The molecule has 0 aromatic carbocycles. The Balaban J connectivity index is 2.29. The molecule has 0 aliphatic carbocycles. The second-order valence-electron chi connectivity index (χ2n) is 2.44. The molecule has 6 heteroatoms. The summed E-state index contributed by atoms with van der Waals surface area (Å²) in [5, 5.41) is 0. The lowest BCUT2D eigenvalue weighted by Crippen LogP contribution is -2.24. The molecular formula is C7H10N2O3S. The van der Waals surface area contributed by atoms with Gasteiger partial charge in [0.05, 0.1) is 6.54 Å². The number of carbonyl (C=O) groups excluding carboxylic acids is 2. The summed E-state index contributed by atoms with van der Waals surface area (Å²) in [4.78, 5) is 23.0. The predicted octanol–water partition coefficient (Wildman–Crippen LogP) is -0.0442. The number of amides is 2. The van der Waals surface area contributed by atoms with Gasteiger partial charge in [0.2, 0.25) is 0 Å². The lowest BCUT2D eigenvalue weighted by atomic mass is 10.4. The fourth-order valence-electron chi connectivity index (χ4n) is 0.916. The van der Waals surface area contributed by atoms with Gasteiger partial charge < -0.3 is 9.64 Å². The number of cyclic esters (lactones) is 1. The van der Waals surface area contributed by atoms with Gasteiger partial charge in [-0.05, 0) is 0 Å². The van der Waals surface area contributed by atoms with Crippen LogP contribution >= 0.6 is 12.8 Å². The third-order valence-electron chi connectivity index (χ3n) is 1.55. The van der Waals surface area contributed by atoms with Crippen LogP contribution in [0.5, 0.6) is 0 Å². The molecule has 2 amide bonds. The number of nitrogens with zero attached hydrogens (tertiary/aromatic N) is 1. The first kappa shape index (κ1) is 9.91. The fourth-order valence-corrected chi connectivity index (χ4v) is 0.990. The average Bonchev–Trinajstić information content (AvgIpc) is 2.52. The normalized spacial score (nSPS) is 16.4. The number of hydrogen-bond donors (Lipinski definition) is 2. The van der Waals surface area contributed by atoms with Crippen LogP contribution in [0.1, 0.15) is 0 Å². The maximum Gasteiger partial charge on any atom is 0.410 e. The quantitative estimate of drug-likeness (QED) is 0.498. The van der Waals surface area contributed by atoms with Crippen LogP contribution in [0.2, 0.25) is 0 Å². The molecule has 1 fully saturated rings. The number of hydrogen-bond acceptors (Lipinski definition) is 4. The van der Waals surface area contributed by atoms with E-state index in [0.717, 1.165) is 0 Å². The molecule has 0 unspecified atom stereocenters. The van der Waals surface area contributed by atoms with Gasteiger partial charge >= 0.3 is 6.09 Å². The minimum atomic E-state index is -0.337. The molecule has 1 rings (SSSR count). The predicted molar refractivity (Wildman–Crippen MR) is 49.2 cm³/mol. The van der Waals surface area contributed by atoms with Crippen LogP contribution < -0.4 is 4.72 Å². The highest BCUT2D eigenvalue weighted by atomic mass is 32.1. The van der Waals surface area contributed by atoms with E-state index in [1.54, 1.807) is 6.08 Å². The monoisotopic (exact) mass is 202 g/mol. The SMILES string of the molecule is O=C(/C=C/CN1CCOC1=O)NS. The minimum absolute atomic E-state index is 0.309. The van der Waals surface area contributed by atoms with E-state index >= 15 is 0 Å². The van der Waals surface area contributed by atoms with Crippen LogP contribution in [-0.2, 0) is 9.53 Å². The molecule has 0 spiro atoms. The van der Waals surface area contributed by atoms with Crippen molar-refractivity contribution in [1.29, 1.82) is 0 Å². The number of nitrogens with one attached hydrogen (secondary N) is 1. The van der Waals surface area contributed by atoms with Gasteiger partial charge in [-0.2, -0.15) is 0 Å². The lowest BCUT2D eigenvalue weighted by Gasteiger charge is -2.07. The van der Waals surface area contributed by atoms with Crippen molar-refractivity contribution in [1.82, 2.24) is 9.62 Å². The Kier molecular flexibility index (Phi) is 3.63. The van der Waals surface area contributed by atoms with Crippen molar-refractivity contribution in [3.63, 3.8) is 0 Å². The number of ether oxygens (including phenoxy) is 1. The highest BCUT2D eigenvalue weighted by Crippen LogP contribution is 2.01. The molecule has 0 aromatic heterocycles. The maximum atomic E-state index is 10.9. The Morgan fingerprint density at radius 3 is 3.08 bits per heavy atom. The molecule has 1 N–H and O–H groups in total. The highest BCUT2D eigenvalue weighted by Gasteiger charge is 2.19. The Labute approximate surface area is 81.3 Å². The molecule has 0 atom stereocenters. The Morgan fingerprint density at radius 2 is 2.54 bits per heavy atom. The second-order valence-corrected chi connectivity index (χ2v) is 2.66. The maximum absolute atomic E-state index is 10.9. The third-order valence-corrected chi connectivity index (χ3v) is 1.77. The largest absolute Gasteiger partial charge is 0.448 e. The molecule has 1 aliphatic heterocycles. The van der Waals surface area contributed by atoms with E-state index < -0.39 is 0 Å². The van der Waals surface area contributed by atoms with E-state index in [9.17, 15) is 9.59 Å². The van der Waals surface area contributed by atoms with Gasteiger partial charge in [-0.15, -0.1) is 0 Å². The standard InChI is InChI=1S/C7H10N2O3S/c10-6(8-13)2-1-3-9-4-5-12-7(9)11/h1-2,13H,3-5H2,(H,8,10)/b2-1+. The molecule has 13 heavy (non-hydrogen) atoms. The summed E-state index contributed by atoms with van der Waals surface area (Å²) in [7, 11) is 0. The van der Waals surface area contributed by atoms with Gasteiger partial charge in [0.15, 0.2) is 0 Å². The van der Waals surface area contributed by atoms with E-state index in [0.29, 0.717) is 19.7 Å². The summed E-state index contributed by atoms with van der Waals surface area (Å²) in [6.45, 7) is 1.39. The van der Waals surface area contributed by atoms with E-state index in [1.165, 1.54) is 11.0 Å². The van der Waals surface area contributed by atoms with Gasteiger partial charge in [-0.1, -0.05) is 18.9 Å². The summed E-state index contributed by atoms with van der Waals surface area (Å²) < 4.78 is 6.82. The van der Waals surface area contributed by atoms with Crippen LogP contribution in [0.4, 0.5) is 4.79 Å². The molecule has 1 saturated heterocycles. The molecule has 1 aliphatic rings. The van der Waals surface area contributed by atoms with Crippen LogP contribution in [0.15, 0.2) is 12.2 Å². The van der Waals surface area contributed by atoms with Crippen LogP contribution in [-0.4, -0.2) is 36.6 Å². The number of carbonyl (C=O) groups is 2. The summed E-state index contributed by atoms with van der Waals surface area (Å²) in [6.07, 6.45) is 2.56. The first-order valence-electron chi connectivity index (χ1n) is 3.76. The fraction of sp³-hybridized carbons (Fsp3) is 0.429. The van der Waals surface area contributed by atoms with E-state index in [4.69, 9.17) is 0 Å². The number of thiol groups is 1. The van der Waals surface area contributed by atoms with Crippen molar-refractivity contribution < 1.29 is 14.3 Å². The molecule has 5 nitrogen and oxygen atoms in total. The number of rotatable bonds is 3. The molecular weight excluding hydrogens is 192 g/mol. The van der Waals surface area contributed by atoms with Gasteiger partial charge in [0.25, 0.3) is 5.91 Å². The molecule has 1 heterocycles. The van der Waals surface area contributed by atoms with Crippen molar-refractivity contribution in [2.45, 2.75) is 0 Å². The molecule has 0 bridgehead atoms. The van der Waals surface area contributed by atoms with Crippen molar-refractivity contribution in [3.05, 3.63) is 12.2 Å². The van der Waals surface area contributed by atoms with Crippen molar-refractivity contribution in [2.24, 2.45) is 0 Å². The second kappa shape index (κ2) is 4.76. The summed E-state index contributed by atoms with van der Waals surface area (Å²) in [6, 6.07) is 0. The first-order chi connectivity index (χ1) is 6.24. The molecule has 72 valence electrons. The smallest absolute Gasteiger partial charge is 0.410 e. The summed E-state index contributed by atoms with van der Waals surface area (Å²) in [5.41, 5.74) is 0. The van der Waals surface area contributed by atoms with Crippen molar-refractivity contribution in [3.8, 4) is 0 Å². The van der Waals surface area contributed by atoms with Gasteiger partial charge in [-0.3, -0.25) is 9.52 Å². The Hall–Kier alpha value is -1.17. The summed E-state index contributed by atoms with van der Waals surface area (Å²) >= 11 is 3.56. The van der Waals surface area contributed by atoms with E-state index in [2.05, 4.69) is 22.3 Å². The van der Waals surface area contributed by atoms with E-state index in [-0.39, 0.29) is 12.0 Å². The molecule has 0 aromatic rings. The highest BCUT2D eigenvalue weighted by molar-refractivity contribution is 7.78. The van der Waals surface area contributed by atoms with E-state index in [1.807, 2.05) is 0 Å². The van der Waals surface area contributed by atoms with Crippen LogP contribution in [0.3, 0.4) is 0 Å². The van der Waals surface area contributed by atoms with Crippen LogP contribution in [0.25, 0.3) is 0 Å². The van der Waals surface area contributed by atoms with Crippen LogP contribution in [0, 0.1) is 0 Å². The van der Waals surface area contributed by atoms with Crippen molar-refractivity contribution >= 4 is 24.8 Å². The van der Waals surface area contributed by atoms with Gasteiger partial charge in [-0.25, -0.2) is 4.79 Å². The zero-order chi connectivity index (χ0) is 9.68. The van der Waals surface area contributed by atoms with Gasteiger partial charge in [0, 0.05) is 12.6 Å². The first-order valence-corrected chi connectivity index (χ1v) is 4.21. The Morgan fingerprint density at radius 1 is 1.77 bits per heavy atom. The molecule has 0 saturated carbocycles. The molecule has 0 radical (unpaired) electrons. The topological polar surface area (TPSA) is 58.6 Å². The zero-order valence-electron chi connectivity index (χ0n) is 6.90. The van der Waals surface area contributed by atoms with Crippen molar-refractivity contribution in [2.75, 3.05) is 19.7 Å². The minimum Gasteiger partial charge on any atom is -0.448 e. The third kappa shape index (κ3) is 2.98.